The number of hydrogen-bond acceptors (Lipinski definition) is 5. The Kier molecular flexibility index (Phi) is 5.05. The molecule has 1 aromatic carbocycles. The average Bonchev–Trinajstić information content (AvgIpc) is 2.36. The van der Waals surface area contributed by atoms with Gasteiger partial charge in [0.1, 0.15) is 0 Å². The predicted octanol–water partition coefficient (Wildman–Crippen LogP) is 1.41. The van der Waals surface area contributed by atoms with Crippen molar-refractivity contribution in [3.05, 3.63) is 34.9 Å². The van der Waals surface area contributed by atoms with Gasteiger partial charge in [-0.25, -0.2) is 14.4 Å². The minimum absolute atomic E-state index is 0.000278. The van der Waals surface area contributed by atoms with Gasteiger partial charge >= 0.3 is 17.9 Å². The van der Waals surface area contributed by atoms with Crippen LogP contribution in [0.25, 0.3) is 0 Å². The van der Waals surface area contributed by atoms with Crippen LogP contribution in [0.3, 0.4) is 0 Å². The smallest absolute Gasteiger partial charge is 0.341 e. The lowest BCUT2D eigenvalue weighted by Crippen LogP contribution is -2.17. The standard InChI is InChI=1S/C13H14O6/c1-3-18-12(16)9-5-4-8(2)6-10(9)13(17)19-7-11(14)15/h4-6H,3,7H2,1-2H3,(H,14,15). The summed E-state index contributed by atoms with van der Waals surface area (Å²) in [5.41, 5.74) is 0.804. The van der Waals surface area contributed by atoms with E-state index in [1.165, 1.54) is 12.1 Å². The normalized spacial score (nSPS) is 9.79. The van der Waals surface area contributed by atoms with Gasteiger partial charge in [0.15, 0.2) is 6.61 Å². The molecular weight excluding hydrogens is 252 g/mol. The number of aryl methyl sites for hydroxylation is 1. The van der Waals surface area contributed by atoms with Crippen LogP contribution in [-0.4, -0.2) is 36.2 Å². The number of hydrogen-bond donors (Lipinski definition) is 1. The average molecular weight is 266 g/mol. The highest BCUT2D eigenvalue weighted by atomic mass is 16.6. The summed E-state index contributed by atoms with van der Waals surface area (Å²) >= 11 is 0. The maximum absolute atomic E-state index is 11.7. The molecule has 0 heterocycles. The summed E-state index contributed by atoms with van der Waals surface area (Å²) in [6.45, 7) is 2.81. The van der Waals surface area contributed by atoms with Crippen LogP contribution in [0, 0.1) is 6.92 Å². The van der Waals surface area contributed by atoms with Gasteiger partial charge < -0.3 is 14.6 Å². The van der Waals surface area contributed by atoms with Crippen LogP contribution in [0.4, 0.5) is 0 Å². The lowest BCUT2D eigenvalue weighted by molar-refractivity contribution is -0.140. The molecule has 0 radical (unpaired) electrons. The van der Waals surface area contributed by atoms with Crippen molar-refractivity contribution >= 4 is 17.9 Å². The summed E-state index contributed by atoms with van der Waals surface area (Å²) in [4.78, 5) is 33.8. The first-order valence-corrected chi connectivity index (χ1v) is 5.62. The molecular formula is C13H14O6. The van der Waals surface area contributed by atoms with Crippen LogP contribution < -0.4 is 0 Å². The second kappa shape index (κ2) is 6.53. The van der Waals surface area contributed by atoms with Crippen molar-refractivity contribution in [2.45, 2.75) is 13.8 Å². The number of benzene rings is 1. The maximum atomic E-state index is 11.7. The third kappa shape index (κ3) is 4.09. The van der Waals surface area contributed by atoms with Gasteiger partial charge in [0, 0.05) is 0 Å². The van der Waals surface area contributed by atoms with E-state index in [0.717, 1.165) is 5.56 Å². The molecule has 1 aromatic rings. The van der Waals surface area contributed by atoms with E-state index in [1.807, 2.05) is 0 Å². The highest BCUT2D eigenvalue weighted by Crippen LogP contribution is 2.14. The number of carbonyl (C=O) groups is 3. The summed E-state index contributed by atoms with van der Waals surface area (Å²) < 4.78 is 9.39. The number of esters is 2. The third-order valence-corrected chi connectivity index (χ3v) is 2.22. The SMILES string of the molecule is CCOC(=O)c1ccc(C)cc1C(=O)OCC(=O)O. The van der Waals surface area contributed by atoms with E-state index in [1.54, 1.807) is 19.9 Å². The van der Waals surface area contributed by atoms with Crippen molar-refractivity contribution in [2.75, 3.05) is 13.2 Å². The summed E-state index contributed by atoms with van der Waals surface area (Å²) in [5, 5.41) is 8.46. The van der Waals surface area contributed by atoms with Crippen molar-refractivity contribution in [3.8, 4) is 0 Å². The number of rotatable bonds is 5. The van der Waals surface area contributed by atoms with Gasteiger partial charge in [-0.1, -0.05) is 11.6 Å². The number of ether oxygens (including phenoxy) is 2. The Labute approximate surface area is 109 Å². The maximum Gasteiger partial charge on any atom is 0.341 e. The van der Waals surface area contributed by atoms with Gasteiger partial charge in [0.05, 0.1) is 17.7 Å². The number of carboxylic acids is 1. The monoisotopic (exact) mass is 266 g/mol. The Morgan fingerprint density at radius 2 is 1.74 bits per heavy atom. The molecule has 0 aliphatic heterocycles. The highest BCUT2D eigenvalue weighted by Gasteiger charge is 2.20. The Bertz CT molecular complexity index is 506. The van der Waals surface area contributed by atoms with Gasteiger partial charge in [-0.3, -0.25) is 0 Å². The quantitative estimate of drug-likeness (QED) is 0.810. The molecule has 0 aliphatic carbocycles. The van der Waals surface area contributed by atoms with Crippen LogP contribution in [0.1, 0.15) is 33.2 Å². The number of carbonyl (C=O) groups excluding carboxylic acids is 2. The molecule has 102 valence electrons. The largest absolute Gasteiger partial charge is 0.479 e. The van der Waals surface area contributed by atoms with E-state index in [4.69, 9.17) is 9.84 Å². The Hall–Kier alpha value is -2.37. The molecule has 0 amide bonds. The van der Waals surface area contributed by atoms with E-state index in [-0.39, 0.29) is 17.7 Å². The van der Waals surface area contributed by atoms with Crippen molar-refractivity contribution < 1.29 is 29.0 Å². The molecule has 0 aliphatic rings. The van der Waals surface area contributed by atoms with E-state index < -0.39 is 24.5 Å². The van der Waals surface area contributed by atoms with Crippen LogP contribution in [-0.2, 0) is 14.3 Å². The fourth-order valence-corrected chi connectivity index (χ4v) is 1.42. The van der Waals surface area contributed by atoms with Crippen LogP contribution in [0.15, 0.2) is 18.2 Å². The molecule has 1 rings (SSSR count). The first-order valence-electron chi connectivity index (χ1n) is 5.62. The summed E-state index contributed by atoms with van der Waals surface area (Å²) in [5.74, 6) is -2.78. The van der Waals surface area contributed by atoms with Crippen molar-refractivity contribution in [1.82, 2.24) is 0 Å². The second-order valence-electron chi connectivity index (χ2n) is 3.74. The molecule has 0 fully saturated rings. The topological polar surface area (TPSA) is 89.9 Å². The number of carboxylic acid groups (broad SMARTS) is 1. The molecule has 0 bridgehead atoms. The van der Waals surface area contributed by atoms with E-state index in [0.29, 0.717) is 0 Å². The minimum atomic E-state index is -1.27. The molecule has 0 aromatic heterocycles. The van der Waals surface area contributed by atoms with E-state index in [2.05, 4.69) is 4.74 Å². The Morgan fingerprint density at radius 3 is 2.32 bits per heavy atom. The van der Waals surface area contributed by atoms with Crippen LogP contribution in [0.5, 0.6) is 0 Å². The van der Waals surface area contributed by atoms with Crippen molar-refractivity contribution in [1.29, 1.82) is 0 Å². The fraction of sp³-hybridized carbons (Fsp3) is 0.308. The van der Waals surface area contributed by atoms with E-state index >= 15 is 0 Å². The predicted molar refractivity (Wildman–Crippen MR) is 65.1 cm³/mol. The van der Waals surface area contributed by atoms with E-state index in [9.17, 15) is 14.4 Å². The molecule has 1 N–H and O–H groups in total. The van der Waals surface area contributed by atoms with Gasteiger partial charge in [-0.2, -0.15) is 0 Å². The molecule has 6 heteroatoms. The Balaban J connectivity index is 3.03. The molecule has 0 atom stereocenters. The van der Waals surface area contributed by atoms with Gasteiger partial charge in [0.2, 0.25) is 0 Å². The number of aliphatic carboxylic acids is 1. The van der Waals surface area contributed by atoms with Gasteiger partial charge in [-0.05, 0) is 26.0 Å². The minimum Gasteiger partial charge on any atom is -0.479 e. The molecule has 0 saturated heterocycles. The molecule has 0 spiro atoms. The lowest BCUT2D eigenvalue weighted by atomic mass is 10.0. The summed E-state index contributed by atoms with van der Waals surface area (Å²) in [6, 6.07) is 4.56. The zero-order valence-electron chi connectivity index (χ0n) is 10.6. The van der Waals surface area contributed by atoms with Gasteiger partial charge in [-0.15, -0.1) is 0 Å². The zero-order valence-corrected chi connectivity index (χ0v) is 10.6. The van der Waals surface area contributed by atoms with Gasteiger partial charge in [0.25, 0.3) is 0 Å². The summed E-state index contributed by atoms with van der Waals surface area (Å²) in [6.07, 6.45) is 0. The first kappa shape index (κ1) is 14.7. The highest BCUT2D eigenvalue weighted by molar-refractivity contribution is 6.03. The van der Waals surface area contributed by atoms with Crippen molar-refractivity contribution in [3.63, 3.8) is 0 Å². The molecule has 19 heavy (non-hydrogen) atoms. The third-order valence-electron chi connectivity index (χ3n) is 2.22. The molecule has 0 saturated carbocycles. The van der Waals surface area contributed by atoms with Crippen LogP contribution in [0.2, 0.25) is 0 Å². The lowest BCUT2D eigenvalue weighted by Gasteiger charge is -2.09. The van der Waals surface area contributed by atoms with Crippen LogP contribution >= 0.6 is 0 Å². The van der Waals surface area contributed by atoms with Crippen molar-refractivity contribution in [2.24, 2.45) is 0 Å². The zero-order chi connectivity index (χ0) is 14.4. The summed E-state index contributed by atoms with van der Waals surface area (Å²) in [7, 11) is 0. The molecule has 0 unspecified atom stereocenters. The Morgan fingerprint density at radius 1 is 1.11 bits per heavy atom. The molecule has 6 nitrogen and oxygen atoms in total. The first-order chi connectivity index (χ1) is 8.95. The fourth-order valence-electron chi connectivity index (χ4n) is 1.42. The second-order valence-corrected chi connectivity index (χ2v) is 3.74.